The molecule has 0 saturated carbocycles. The Morgan fingerprint density at radius 1 is 1.05 bits per heavy atom. The van der Waals surface area contributed by atoms with E-state index >= 15 is 0 Å². The van der Waals surface area contributed by atoms with E-state index in [1.54, 1.807) is 30.3 Å². The molecule has 1 aromatic heterocycles. The SMILES string of the molecule is NC(N)=NCCCc1[nH]c(=O)n(CC(=O)N[C@@H](CC(=O)O)C(=O)NC[C@H](NC(=O)OCc2ccccc2)C(=O)O)c1O. The number of ether oxygens (including phenoxy) is 1. The lowest BCUT2D eigenvalue weighted by atomic mass is 10.1. The summed E-state index contributed by atoms with van der Waals surface area (Å²) in [6, 6.07) is 5.21. The Hall–Kier alpha value is -5.55. The Bertz CT molecular complexity index is 1350. The molecule has 0 fully saturated rings. The molecule has 0 aliphatic heterocycles. The lowest BCUT2D eigenvalue weighted by Crippen LogP contribution is -2.53. The van der Waals surface area contributed by atoms with Crippen LogP contribution in [-0.4, -0.2) is 85.8 Å². The molecular weight excluding hydrogens is 560 g/mol. The van der Waals surface area contributed by atoms with Gasteiger partial charge in [-0.3, -0.25) is 23.9 Å². The van der Waals surface area contributed by atoms with Gasteiger partial charge in [-0.1, -0.05) is 30.3 Å². The number of aryl methyl sites for hydroxylation is 1. The number of hydrogen-bond donors (Lipinski definition) is 9. The van der Waals surface area contributed by atoms with Crippen molar-refractivity contribution >= 4 is 35.8 Å². The number of carboxylic acid groups (broad SMARTS) is 2. The molecule has 228 valence electrons. The second kappa shape index (κ2) is 15.9. The second-order valence-corrected chi connectivity index (χ2v) is 8.79. The number of alkyl carbamates (subject to hydrolysis) is 1. The van der Waals surface area contributed by atoms with Crippen LogP contribution in [-0.2, 0) is 43.5 Å². The first-order valence-electron chi connectivity index (χ1n) is 12.4. The molecule has 0 radical (unpaired) electrons. The summed E-state index contributed by atoms with van der Waals surface area (Å²) in [5.74, 6) is -5.76. The maximum atomic E-state index is 12.6. The number of aliphatic imine (C=N–C) groups is 1. The minimum Gasteiger partial charge on any atom is -0.493 e. The van der Waals surface area contributed by atoms with Crippen LogP contribution in [0.2, 0.25) is 0 Å². The van der Waals surface area contributed by atoms with E-state index in [1.165, 1.54) is 0 Å². The zero-order chi connectivity index (χ0) is 31.2. The average Bonchev–Trinajstić information content (AvgIpc) is 3.19. The Morgan fingerprint density at radius 3 is 2.36 bits per heavy atom. The lowest BCUT2D eigenvalue weighted by molar-refractivity contribution is -0.142. The van der Waals surface area contributed by atoms with Gasteiger partial charge in [0.25, 0.3) is 0 Å². The van der Waals surface area contributed by atoms with Crippen molar-refractivity contribution in [2.24, 2.45) is 16.5 Å². The molecule has 0 aliphatic rings. The molecule has 0 bridgehead atoms. The highest BCUT2D eigenvalue weighted by Crippen LogP contribution is 2.14. The zero-order valence-corrected chi connectivity index (χ0v) is 22.2. The van der Waals surface area contributed by atoms with Gasteiger partial charge in [0.1, 0.15) is 25.2 Å². The largest absolute Gasteiger partial charge is 0.493 e. The fourth-order valence-corrected chi connectivity index (χ4v) is 3.50. The van der Waals surface area contributed by atoms with Crippen molar-refractivity contribution < 1.29 is 44.0 Å². The molecule has 2 aromatic rings. The number of amides is 3. The number of aromatic amines is 1. The highest BCUT2D eigenvalue weighted by molar-refractivity contribution is 5.91. The fourth-order valence-electron chi connectivity index (χ4n) is 3.50. The molecule has 3 amide bonds. The van der Waals surface area contributed by atoms with Crippen LogP contribution in [0.3, 0.4) is 0 Å². The van der Waals surface area contributed by atoms with Crippen LogP contribution in [0.5, 0.6) is 5.88 Å². The van der Waals surface area contributed by atoms with Crippen LogP contribution in [0.4, 0.5) is 4.79 Å². The third-order valence-electron chi connectivity index (χ3n) is 5.52. The number of aromatic nitrogens is 2. The van der Waals surface area contributed by atoms with Crippen LogP contribution >= 0.6 is 0 Å². The summed E-state index contributed by atoms with van der Waals surface area (Å²) in [6.45, 7) is -1.38. The van der Waals surface area contributed by atoms with Crippen LogP contribution in [0, 0.1) is 0 Å². The van der Waals surface area contributed by atoms with Gasteiger partial charge in [0, 0.05) is 13.1 Å². The molecule has 2 atom stereocenters. The Kier molecular flexibility index (Phi) is 12.4. The minimum atomic E-state index is -1.69. The number of rotatable bonds is 16. The number of hydrogen-bond acceptors (Lipinski definition) is 9. The maximum absolute atomic E-state index is 12.6. The van der Waals surface area contributed by atoms with Crippen molar-refractivity contribution in [3.05, 3.63) is 52.1 Å². The molecule has 0 aliphatic carbocycles. The first kappa shape index (κ1) is 32.7. The van der Waals surface area contributed by atoms with Gasteiger partial charge in [-0.2, -0.15) is 0 Å². The van der Waals surface area contributed by atoms with Crippen molar-refractivity contribution in [3.8, 4) is 5.88 Å². The summed E-state index contributed by atoms with van der Waals surface area (Å²) >= 11 is 0. The second-order valence-electron chi connectivity index (χ2n) is 8.79. The number of benzene rings is 1. The van der Waals surface area contributed by atoms with Crippen molar-refractivity contribution in [1.82, 2.24) is 25.5 Å². The number of guanidine groups is 1. The van der Waals surface area contributed by atoms with Crippen LogP contribution < -0.4 is 33.1 Å². The van der Waals surface area contributed by atoms with Crippen LogP contribution in [0.15, 0.2) is 40.1 Å². The van der Waals surface area contributed by atoms with Gasteiger partial charge in [0.05, 0.1) is 12.1 Å². The van der Waals surface area contributed by atoms with Crippen molar-refractivity contribution in [2.75, 3.05) is 13.1 Å². The molecule has 18 nitrogen and oxygen atoms in total. The third kappa shape index (κ3) is 10.9. The maximum Gasteiger partial charge on any atom is 0.408 e. The number of nitrogens with zero attached hydrogens (tertiary/aromatic N) is 2. The standard InChI is InChI=1S/C24H32N8O10/c25-22(26)27-8-4-7-14-20(37)32(23(40)30-14)11-17(33)29-15(9-18(34)35)19(36)28-10-16(21(38)39)31-24(41)42-12-13-5-2-1-3-6-13/h1-3,5-6,15-16,37H,4,7-12H2,(H,28,36)(H,29,33)(H,30,40)(H,31,41)(H,34,35)(H,38,39)(H4,25,26,27)/t15-,16-/m0/s1. The minimum absolute atomic E-state index is 0.105. The highest BCUT2D eigenvalue weighted by atomic mass is 16.5. The van der Waals surface area contributed by atoms with Gasteiger partial charge in [0.15, 0.2) is 5.96 Å². The summed E-state index contributed by atoms with van der Waals surface area (Å²) < 4.78 is 5.63. The summed E-state index contributed by atoms with van der Waals surface area (Å²) in [5, 5.41) is 35.3. The number of nitrogens with one attached hydrogen (secondary N) is 4. The van der Waals surface area contributed by atoms with Crippen LogP contribution in [0.1, 0.15) is 24.1 Å². The van der Waals surface area contributed by atoms with Crippen molar-refractivity contribution in [1.29, 1.82) is 0 Å². The Labute approximate surface area is 237 Å². The molecule has 11 N–H and O–H groups in total. The van der Waals surface area contributed by atoms with E-state index in [9.17, 15) is 44.1 Å². The van der Waals surface area contributed by atoms with E-state index in [0.717, 1.165) is 0 Å². The quantitative estimate of drug-likeness (QED) is 0.0557. The van der Waals surface area contributed by atoms with Gasteiger partial charge in [-0.25, -0.2) is 14.4 Å². The summed E-state index contributed by atoms with van der Waals surface area (Å²) in [7, 11) is 0. The van der Waals surface area contributed by atoms with E-state index < -0.39 is 73.0 Å². The molecule has 1 heterocycles. The fraction of sp³-hybridized carbons (Fsp3) is 0.375. The Morgan fingerprint density at radius 2 is 1.74 bits per heavy atom. The summed E-state index contributed by atoms with van der Waals surface area (Å²) in [4.78, 5) is 78.5. The summed E-state index contributed by atoms with van der Waals surface area (Å²) in [6.07, 6.45) is -1.46. The lowest BCUT2D eigenvalue weighted by Gasteiger charge is -2.19. The van der Waals surface area contributed by atoms with Crippen molar-refractivity contribution in [3.63, 3.8) is 0 Å². The average molecular weight is 593 g/mol. The molecule has 18 heteroatoms. The van der Waals surface area contributed by atoms with Gasteiger partial charge < -0.3 is 52.5 Å². The van der Waals surface area contributed by atoms with E-state index in [0.29, 0.717) is 16.6 Å². The first-order valence-corrected chi connectivity index (χ1v) is 12.4. The normalized spacial score (nSPS) is 11.9. The number of nitrogens with two attached hydrogens (primary N) is 2. The van der Waals surface area contributed by atoms with Crippen molar-refractivity contribution in [2.45, 2.75) is 44.5 Å². The topological polar surface area (TPSA) is 294 Å². The van der Waals surface area contributed by atoms with Gasteiger partial charge >= 0.3 is 23.7 Å². The predicted molar refractivity (Wildman–Crippen MR) is 144 cm³/mol. The molecule has 0 spiro atoms. The summed E-state index contributed by atoms with van der Waals surface area (Å²) in [5.41, 5.74) is 10.4. The number of aliphatic carboxylic acids is 2. The van der Waals surface area contributed by atoms with E-state index in [-0.39, 0.29) is 31.2 Å². The Balaban J connectivity index is 1.97. The molecular formula is C24H32N8O10. The molecule has 2 rings (SSSR count). The van der Waals surface area contributed by atoms with Gasteiger partial charge in [-0.15, -0.1) is 0 Å². The third-order valence-corrected chi connectivity index (χ3v) is 5.52. The first-order chi connectivity index (χ1) is 19.9. The highest BCUT2D eigenvalue weighted by Gasteiger charge is 2.27. The number of carbonyl (C=O) groups is 5. The number of aromatic hydroxyl groups is 1. The van der Waals surface area contributed by atoms with E-state index in [2.05, 4.69) is 25.9 Å². The predicted octanol–water partition coefficient (Wildman–Crippen LogP) is -2.46. The van der Waals surface area contributed by atoms with Gasteiger partial charge in [0.2, 0.25) is 17.7 Å². The monoisotopic (exact) mass is 592 g/mol. The molecule has 1 aromatic carbocycles. The molecule has 0 saturated heterocycles. The number of carbonyl (C=O) groups excluding carboxylic acids is 3. The van der Waals surface area contributed by atoms with Gasteiger partial charge in [-0.05, 0) is 18.4 Å². The zero-order valence-electron chi connectivity index (χ0n) is 22.2. The smallest absolute Gasteiger partial charge is 0.408 e. The number of carboxylic acids is 2. The molecule has 0 unspecified atom stereocenters. The number of H-pyrrole nitrogens is 1. The van der Waals surface area contributed by atoms with E-state index in [4.69, 9.17) is 16.2 Å². The molecule has 42 heavy (non-hydrogen) atoms. The van der Waals surface area contributed by atoms with Crippen LogP contribution in [0.25, 0.3) is 0 Å². The van der Waals surface area contributed by atoms with E-state index in [1.807, 2.05) is 0 Å². The number of imidazole rings is 1.